The smallest absolute Gasteiger partial charge is 0.322 e. The van der Waals surface area contributed by atoms with E-state index in [0.717, 1.165) is 6.42 Å². The zero-order valence-corrected chi connectivity index (χ0v) is 20.2. The Labute approximate surface area is 204 Å². The number of benzene rings is 2. The first-order valence-electron chi connectivity index (χ1n) is 11.8. The van der Waals surface area contributed by atoms with Crippen LogP contribution in [0.25, 0.3) is 10.9 Å². The van der Waals surface area contributed by atoms with Crippen LogP contribution in [-0.2, 0) is 13.1 Å². The van der Waals surface area contributed by atoms with Crippen molar-refractivity contribution in [2.45, 2.75) is 45.8 Å². The molecule has 0 spiro atoms. The maximum absolute atomic E-state index is 13.6. The molecule has 0 radical (unpaired) electrons. The van der Waals surface area contributed by atoms with Crippen molar-refractivity contribution < 1.29 is 13.9 Å². The third-order valence-corrected chi connectivity index (χ3v) is 5.91. The Balaban J connectivity index is 1.77. The molecule has 1 unspecified atom stereocenters. The van der Waals surface area contributed by atoms with E-state index < -0.39 is 6.04 Å². The Kier molecular flexibility index (Phi) is 7.50. The summed E-state index contributed by atoms with van der Waals surface area (Å²) in [7, 11) is 1.59. The van der Waals surface area contributed by atoms with E-state index in [1.807, 2.05) is 38.1 Å². The van der Waals surface area contributed by atoms with Crippen LogP contribution in [0.4, 0.5) is 10.5 Å². The van der Waals surface area contributed by atoms with E-state index in [9.17, 15) is 9.59 Å². The molecule has 4 rings (SSSR count). The van der Waals surface area contributed by atoms with Gasteiger partial charge in [-0.1, -0.05) is 26.0 Å². The molecule has 35 heavy (non-hydrogen) atoms. The number of methoxy groups -OCH3 is 1. The highest BCUT2D eigenvalue weighted by Gasteiger charge is 2.29. The van der Waals surface area contributed by atoms with Crippen LogP contribution in [0.3, 0.4) is 0 Å². The van der Waals surface area contributed by atoms with Crippen LogP contribution in [0.1, 0.15) is 44.3 Å². The quantitative estimate of drug-likeness (QED) is 0.341. The number of furan rings is 1. The van der Waals surface area contributed by atoms with E-state index in [4.69, 9.17) is 14.1 Å². The van der Waals surface area contributed by atoms with Crippen LogP contribution in [0.2, 0.25) is 0 Å². The summed E-state index contributed by atoms with van der Waals surface area (Å²) in [4.78, 5) is 33.6. The maximum atomic E-state index is 13.6. The summed E-state index contributed by atoms with van der Waals surface area (Å²) >= 11 is 0. The second-order valence-electron chi connectivity index (χ2n) is 8.23. The fourth-order valence-corrected chi connectivity index (χ4v) is 4.19. The number of urea groups is 1. The van der Waals surface area contributed by atoms with Gasteiger partial charge in [0.2, 0.25) is 0 Å². The SMILES string of the molecule is CCCn1c(C(CC)N(Cc2ccco2)C(=O)Nc2ccc(OC)cc2)nc2ccccc2c1=O. The molecule has 2 heterocycles. The minimum Gasteiger partial charge on any atom is -0.497 e. The van der Waals surface area contributed by atoms with Crippen LogP contribution >= 0.6 is 0 Å². The minimum atomic E-state index is -0.456. The molecule has 1 N–H and O–H groups in total. The fraction of sp³-hybridized carbons (Fsp3) is 0.296. The van der Waals surface area contributed by atoms with Crippen molar-refractivity contribution in [2.75, 3.05) is 12.4 Å². The van der Waals surface area contributed by atoms with Gasteiger partial charge in [0, 0.05) is 12.2 Å². The molecule has 2 aromatic carbocycles. The lowest BCUT2D eigenvalue weighted by Gasteiger charge is -2.32. The van der Waals surface area contributed by atoms with Crippen LogP contribution in [0, 0.1) is 0 Å². The van der Waals surface area contributed by atoms with Crippen LogP contribution < -0.4 is 15.6 Å². The van der Waals surface area contributed by atoms with Gasteiger partial charge in [-0.2, -0.15) is 0 Å². The van der Waals surface area contributed by atoms with Crippen molar-refractivity contribution in [3.63, 3.8) is 0 Å². The number of anilines is 1. The van der Waals surface area contributed by atoms with Gasteiger partial charge in [-0.3, -0.25) is 9.36 Å². The average molecular weight is 475 g/mol. The standard InChI is InChI=1S/C27H30N4O4/c1-4-16-30-25(29-23-11-7-6-10-22(23)26(30)32)24(5-2)31(18-21-9-8-17-35-21)27(33)28-19-12-14-20(34-3)15-13-19/h6-15,17,24H,4-5,16,18H2,1-3H3,(H,28,33). The van der Waals surface area contributed by atoms with Crippen LogP contribution in [0.5, 0.6) is 5.75 Å². The third-order valence-electron chi connectivity index (χ3n) is 5.91. The molecule has 0 fully saturated rings. The Hall–Kier alpha value is -4.07. The second-order valence-corrected chi connectivity index (χ2v) is 8.23. The van der Waals surface area contributed by atoms with Crippen molar-refractivity contribution in [1.29, 1.82) is 0 Å². The Morgan fingerprint density at radius 2 is 1.89 bits per heavy atom. The monoisotopic (exact) mass is 474 g/mol. The van der Waals surface area contributed by atoms with E-state index in [1.165, 1.54) is 0 Å². The van der Waals surface area contributed by atoms with Gasteiger partial charge in [-0.15, -0.1) is 0 Å². The van der Waals surface area contributed by atoms with E-state index in [1.54, 1.807) is 59.2 Å². The lowest BCUT2D eigenvalue weighted by Crippen LogP contribution is -2.40. The van der Waals surface area contributed by atoms with Crippen molar-refractivity contribution in [3.8, 4) is 5.75 Å². The molecule has 0 saturated heterocycles. The highest BCUT2D eigenvalue weighted by Crippen LogP contribution is 2.27. The third kappa shape index (κ3) is 5.21. The van der Waals surface area contributed by atoms with Gasteiger partial charge in [0.05, 0.1) is 36.9 Å². The summed E-state index contributed by atoms with van der Waals surface area (Å²) in [5.41, 5.74) is 1.15. The molecular weight excluding hydrogens is 444 g/mol. The van der Waals surface area contributed by atoms with Gasteiger partial charge in [-0.05, 0) is 61.4 Å². The molecule has 182 valence electrons. The Bertz CT molecular complexity index is 1330. The van der Waals surface area contributed by atoms with Crippen LogP contribution in [-0.4, -0.2) is 27.6 Å². The van der Waals surface area contributed by atoms with Crippen molar-refractivity contribution in [1.82, 2.24) is 14.5 Å². The van der Waals surface area contributed by atoms with Gasteiger partial charge >= 0.3 is 6.03 Å². The summed E-state index contributed by atoms with van der Waals surface area (Å²) in [6, 6.07) is 17.3. The van der Waals surface area contributed by atoms with Gasteiger partial charge in [-0.25, -0.2) is 9.78 Å². The lowest BCUT2D eigenvalue weighted by atomic mass is 10.1. The summed E-state index contributed by atoms with van der Waals surface area (Å²) in [6.07, 6.45) is 2.90. The normalized spacial score (nSPS) is 11.9. The number of nitrogens with zero attached hydrogens (tertiary/aromatic N) is 3. The number of nitrogens with one attached hydrogen (secondary N) is 1. The van der Waals surface area contributed by atoms with Gasteiger partial charge in [0.25, 0.3) is 5.56 Å². The Morgan fingerprint density at radius 1 is 1.11 bits per heavy atom. The number of amides is 2. The van der Waals surface area contributed by atoms with E-state index in [-0.39, 0.29) is 18.1 Å². The highest BCUT2D eigenvalue weighted by molar-refractivity contribution is 5.89. The van der Waals surface area contributed by atoms with E-state index in [0.29, 0.717) is 46.9 Å². The second kappa shape index (κ2) is 10.9. The molecule has 0 aliphatic heterocycles. The zero-order chi connectivity index (χ0) is 24.8. The molecule has 1 atom stereocenters. The minimum absolute atomic E-state index is 0.0978. The number of hydrogen-bond donors (Lipinski definition) is 1. The first kappa shape index (κ1) is 24.1. The number of carbonyl (C=O) groups excluding carboxylic acids is 1. The molecule has 4 aromatic rings. The molecule has 0 bridgehead atoms. The van der Waals surface area contributed by atoms with E-state index in [2.05, 4.69) is 5.32 Å². The molecule has 0 aliphatic rings. The summed E-state index contributed by atoms with van der Waals surface area (Å²) in [5, 5.41) is 3.54. The lowest BCUT2D eigenvalue weighted by molar-refractivity contribution is 0.169. The summed E-state index contributed by atoms with van der Waals surface area (Å²) in [5.74, 6) is 1.90. The molecule has 2 aromatic heterocycles. The van der Waals surface area contributed by atoms with Crippen molar-refractivity contribution >= 4 is 22.6 Å². The fourth-order valence-electron chi connectivity index (χ4n) is 4.19. The number of para-hydroxylation sites is 1. The number of ether oxygens (including phenoxy) is 1. The topological polar surface area (TPSA) is 89.6 Å². The molecule has 8 heteroatoms. The Morgan fingerprint density at radius 3 is 2.54 bits per heavy atom. The molecule has 0 saturated carbocycles. The molecular formula is C27H30N4O4. The number of hydrogen-bond acceptors (Lipinski definition) is 5. The van der Waals surface area contributed by atoms with Crippen molar-refractivity contribution in [2.24, 2.45) is 0 Å². The maximum Gasteiger partial charge on any atom is 0.322 e. The number of aromatic nitrogens is 2. The number of fused-ring (bicyclic) bond motifs is 1. The average Bonchev–Trinajstić information content (AvgIpc) is 3.40. The molecule has 2 amide bonds. The first-order chi connectivity index (χ1) is 17.0. The number of rotatable bonds is 9. The molecule has 0 aliphatic carbocycles. The van der Waals surface area contributed by atoms with E-state index >= 15 is 0 Å². The summed E-state index contributed by atoms with van der Waals surface area (Å²) in [6.45, 7) is 4.74. The van der Waals surface area contributed by atoms with Gasteiger partial charge in [0.1, 0.15) is 17.3 Å². The van der Waals surface area contributed by atoms with Gasteiger partial charge in [0.15, 0.2) is 0 Å². The van der Waals surface area contributed by atoms with Gasteiger partial charge < -0.3 is 19.4 Å². The van der Waals surface area contributed by atoms with Crippen molar-refractivity contribution in [3.05, 3.63) is 88.9 Å². The highest BCUT2D eigenvalue weighted by atomic mass is 16.5. The zero-order valence-electron chi connectivity index (χ0n) is 20.2. The van der Waals surface area contributed by atoms with Crippen LogP contribution in [0.15, 0.2) is 76.1 Å². The molecule has 8 nitrogen and oxygen atoms in total. The largest absolute Gasteiger partial charge is 0.497 e. The predicted octanol–water partition coefficient (Wildman–Crippen LogP) is 5.59. The number of carbonyl (C=O) groups is 1. The summed E-state index contributed by atoms with van der Waals surface area (Å²) < 4.78 is 12.5. The predicted molar refractivity (Wildman–Crippen MR) is 136 cm³/mol. The first-order valence-corrected chi connectivity index (χ1v) is 11.8.